The standard InChI is InChI=1S/C13H18OS/c1-11(14)13-7-5-12(6-8-13)9-10-15(2,3)4/h5-8,11,14H,1-4H3/t11-/m1/s1. The molecule has 0 radical (unpaired) electrons. The number of rotatable bonds is 1. The van der Waals surface area contributed by atoms with Crippen LogP contribution in [0.5, 0.6) is 0 Å². The molecule has 1 aromatic carbocycles. The predicted molar refractivity (Wildman–Crippen MR) is 69.3 cm³/mol. The summed E-state index contributed by atoms with van der Waals surface area (Å²) >= 11 is 0. The van der Waals surface area contributed by atoms with Crippen LogP contribution in [-0.2, 0) is 0 Å². The van der Waals surface area contributed by atoms with Gasteiger partial charge in [0.25, 0.3) is 0 Å². The summed E-state index contributed by atoms with van der Waals surface area (Å²) in [7, 11) is -0.759. The Morgan fingerprint density at radius 1 is 1.13 bits per heavy atom. The molecule has 1 N–H and O–H groups in total. The van der Waals surface area contributed by atoms with Crippen LogP contribution < -0.4 is 0 Å². The van der Waals surface area contributed by atoms with Crippen molar-refractivity contribution < 1.29 is 5.11 Å². The fourth-order valence-electron chi connectivity index (χ4n) is 1.06. The number of aliphatic hydroxyl groups excluding tert-OH is 1. The highest BCUT2D eigenvalue weighted by Gasteiger charge is 1.99. The number of hydrogen-bond acceptors (Lipinski definition) is 1. The molecule has 0 bridgehead atoms. The quantitative estimate of drug-likeness (QED) is 0.724. The average Bonchev–Trinajstić information content (AvgIpc) is 2.14. The molecule has 1 aromatic rings. The number of hydrogen-bond donors (Lipinski definition) is 1. The zero-order valence-electron chi connectivity index (χ0n) is 9.74. The molecule has 0 amide bonds. The van der Waals surface area contributed by atoms with Gasteiger partial charge in [-0.2, -0.15) is 10.0 Å². The van der Waals surface area contributed by atoms with Gasteiger partial charge >= 0.3 is 0 Å². The molecule has 0 aromatic heterocycles. The Balaban J connectivity index is 2.85. The molecule has 0 unspecified atom stereocenters. The van der Waals surface area contributed by atoms with Gasteiger partial charge in [0.15, 0.2) is 0 Å². The fourth-order valence-corrected chi connectivity index (χ4v) is 1.48. The minimum atomic E-state index is -0.759. The Bertz CT molecular complexity index is 374. The molecule has 15 heavy (non-hydrogen) atoms. The average molecular weight is 222 g/mol. The zero-order chi connectivity index (χ0) is 11.5. The molecule has 0 aliphatic heterocycles. The van der Waals surface area contributed by atoms with Crippen LogP contribution in [0.4, 0.5) is 0 Å². The van der Waals surface area contributed by atoms with Crippen LogP contribution in [0, 0.1) is 11.2 Å². The summed E-state index contributed by atoms with van der Waals surface area (Å²) in [6, 6.07) is 7.76. The van der Waals surface area contributed by atoms with Crippen LogP contribution in [0.1, 0.15) is 24.2 Å². The highest BCUT2D eigenvalue weighted by molar-refractivity contribution is 8.35. The van der Waals surface area contributed by atoms with Crippen molar-refractivity contribution in [2.45, 2.75) is 13.0 Å². The first-order valence-corrected chi connectivity index (χ1v) is 7.73. The van der Waals surface area contributed by atoms with Gasteiger partial charge in [0, 0.05) is 5.56 Å². The van der Waals surface area contributed by atoms with E-state index in [0.717, 1.165) is 11.1 Å². The van der Waals surface area contributed by atoms with Crippen molar-refractivity contribution in [2.75, 3.05) is 18.8 Å². The van der Waals surface area contributed by atoms with Crippen LogP contribution in [-0.4, -0.2) is 23.9 Å². The normalized spacial score (nSPS) is 13.9. The molecule has 0 saturated carbocycles. The first kappa shape index (κ1) is 12.2. The van der Waals surface area contributed by atoms with E-state index in [-0.39, 0.29) is 0 Å². The van der Waals surface area contributed by atoms with Crippen LogP contribution >= 0.6 is 10.0 Å². The molecule has 0 saturated heterocycles. The summed E-state index contributed by atoms with van der Waals surface area (Å²) in [5.41, 5.74) is 1.95. The monoisotopic (exact) mass is 222 g/mol. The van der Waals surface area contributed by atoms with Crippen molar-refractivity contribution in [2.24, 2.45) is 0 Å². The van der Waals surface area contributed by atoms with Crippen molar-refractivity contribution in [3.05, 3.63) is 35.4 Å². The molecular weight excluding hydrogens is 204 g/mol. The molecule has 0 spiro atoms. The summed E-state index contributed by atoms with van der Waals surface area (Å²) in [5, 5.41) is 12.6. The maximum atomic E-state index is 9.34. The first-order valence-electron chi connectivity index (χ1n) is 4.87. The summed E-state index contributed by atoms with van der Waals surface area (Å²) < 4.78 is 0. The molecule has 1 atom stereocenters. The van der Waals surface area contributed by atoms with Gasteiger partial charge in [-0.05, 0) is 48.6 Å². The molecule has 0 heterocycles. The summed E-state index contributed by atoms with van der Waals surface area (Å²) in [6.45, 7) is 1.76. The summed E-state index contributed by atoms with van der Waals surface area (Å²) in [5.74, 6) is 3.16. The van der Waals surface area contributed by atoms with Crippen molar-refractivity contribution in [1.29, 1.82) is 0 Å². The lowest BCUT2D eigenvalue weighted by molar-refractivity contribution is 0.199. The Morgan fingerprint density at radius 2 is 1.67 bits per heavy atom. The third-order valence-corrected chi connectivity index (χ3v) is 2.61. The van der Waals surface area contributed by atoms with Crippen molar-refractivity contribution in [3.8, 4) is 11.2 Å². The van der Waals surface area contributed by atoms with Gasteiger partial charge in [0.05, 0.1) is 6.10 Å². The molecule has 2 heteroatoms. The topological polar surface area (TPSA) is 20.2 Å². The predicted octanol–water partition coefficient (Wildman–Crippen LogP) is 2.74. The van der Waals surface area contributed by atoms with E-state index in [2.05, 4.69) is 29.9 Å². The highest BCUT2D eigenvalue weighted by atomic mass is 32.3. The largest absolute Gasteiger partial charge is 0.389 e. The van der Waals surface area contributed by atoms with E-state index in [4.69, 9.17) is 0 Å². The lowest BCUT2D eigenvalue weighted by Crippen LogP contribution is -1.90. The van der Waals surface area contributed by atoms with E-state index in [9.17, 15) is 5.11 Å². The number of benzene rings is 1. The van der Waals surface area contributed by atoms with E-state index < -0.39 is 16.1 Å². The van der Waals surface area contributed by atoms with Gasteiger partial charge in [-0.3, -0.25) is 0 Å². The maximum Gasteiger partial charge on any atom is 0.0761 e. The van der Waals surface area contributed by atoms with E-state index >= 15 is 0 Å². The molecule has 82 valence electrons. The lowest BCUT2D eigenvalue weighted by Gasteiger charge is -2.14. The molecule has 0 aliphatic rings. The number of aliphatic hydroxyl groups is 1. The Kier molecular flexibility index (Phi) is 3.84. The minimum absolute atomic E-state index is 0.403. The molecule has 0 fully saturated rings. The van der Waals surface area contributed by atoms with Gasteiger partial charge < -0.3 is 5.11 Å². The summed E-state index contributed by atoms with van der Waals surface area (Å²) in [4.78, 5) is 0. The van der Waals surface area contributed by atoms with Gasteiger partial charge in [-0.15, -0.1) is 0 Å². The molecule has 1 nitrogen and oxygen atoms in total. The lowest BCUT2D eigenvalue weighted by atomic mass is 10.1. The minimum Gasteiger partial charge on any atom is -0.389 e. The van der Waals surface area contributed by atoms with Gasteiger partial charge in [-0.25, -0.2) is 0 Å². The van der Waals surface area contributed by atoms with E-state index in [0.29, 0.717) is 0 Å². The molecular formula is C13H18OS. The van der Waals surface area contributed by atoms with Crippen LogP contribution in [0.2, 0.25) is 0 Å². The smallest absolute Gasteiger partial charge is 0.0761 e. The van der Waals surface area contributed by atoms with Crippen LogP contribution in [0.15, 0.2) is 24.3 Å². The van der Waals surface area contributed by atoms with E-state index in [1.807, 2.05) is 24.3 Å². The molecule has 1 rings (SSSR count). The maximum absolute atomic E-state index is 9.34. The second-order valence-corrected chi connectivity index (χ2v) is 8.24. The van der Waals surface area contributed by atoms with Crippen LogP contribution in [0.3, 0.4) is 0 Å². The molecule has 0 aliphatic carbocycles. The van der Waals surface area contributed by atoms with Crippen molar-refractivity contribution in [3.63, 3.8) is 0 Å². The second-order valence-electron chi connectivity index (χ2n) is 4.36. The van der Waals surface area contributed by atoms with Gasteiger partial charge in [0.1, 0.15) is 0 Å². The van der Waals surface area contributed by atoms with Crippen LogP contribution in [0.25, 0.3) is 0 Å². The van der Waals surface area contributed by atoms with Crippen molar-refractivity contribution >= 4 is 10.0 Å². The highest BCUT2D eigenvalue weighted by Crippen LogP contribution is 2.32. The van der Waals surface area contributed by atoms with Crippen molar-refractivity contribution in [1.82, 2.24) is 0 Å². The third kappa shape index (κ3) is 4.42. The van der Waals surface area contributed by atoms with E-state index in [1.165, 1.54) is 0 Å². The van der Waals surface area contributed by atoms with E-state index in [1.54, 1.807) is 6.92 Å². The summed E-state index contributed by atoms with van der Waals surface area (Å²) in [6.07, 6.45) is 6.11. The van der Waals surface area contributed by atoms with Gasteiger partial charge in [0.2, 0.25) is 0 Å². The Morgan fingerprint density at radius 3 is 2.07 bits per heavy atom. The second kappa shape index (κ2) is 4.74. The third-order valence-electron chi connectivity index (χ3n) is 1.89. The Labute approximate surface area is 93.8 Å². The fraction of sp³-hybridized carbons (Fsp3) is 0.385. The Hall–Kier alpha value is -0.910. The SMILES string of the molecule is C[C@@H](O)c1ccc(C#CS(C)(C)C)cc1. The first-order chi connectivity index (χ1) is 6.88. The van der Waals surface area contributed by atoms with Gasteiger partial charge in [-0.1, -0.05) is 18.1 Å². The zero-order valence-corrected chi connectivity index (χ0v) is 10.6.